The lowest BCUT2D eigenvalue weighted by Crippen LogP contribution is -2.33. The maximum atomic E-state index is 12.9. The molecule has 0 fully saturated rings. The van der Waals surface area contributed by atoms with Gasteiger partial charge < -0.3 is 14.4 Å². The molecule has 0 atom stereocenters. The first-order valence-corrected chi connectivity index (χ1v) is 9.38. The Balaban J connectivity index is 1.51. The highest BCUT2D eigenvalue weighted by atomic mass is 19.3. The zero-order valence-corrected chi connectivity index (χ0v) is 16.3. The lowest BCUT2D eigenvalue weighted by Gasteiger charge is -2.21. The molecule has 0 saturated carbocycles. The fraction of sp³-hybridized carbons (Fsp3) is 0.350. The number of nitrogens with zero attached hydrogens (tertiary/aromatic N) is 6. The molecule has 0 bridgehead atoms. The first-order chi connectivity index (χ1) is 13.9. The molecule has 1 amide bonds. The summed E-state index contributed by atoms with van der Waals surface area (Å²) in [7, 11) is 3.91. The van der Waals surface area contributed by atoms with Crippen molar-refractivity contribution in [1.82, 2.24) is 24.2 Å². The zero-order valence-electron chi connectivity index (χ0n) is 16.3. The van der Waals surface area contributed by atoms with Gasteiger partial charge in [-0.25, -0.2) is 9.67 Å². The molecule has 2 aromatic heterocycles. The van der Waals surface area contributed by atoms with E-state index >= 15 is 0 Å². The summed E-state index contributed by atoms with van der Waals surface area (Å²) in [6.45, 7) is -1.05. The molecule has 7 nitrogen and oxygen atoms in total. The third kappa shape index (κ3) is 3.72. The van der Waals surface area contributed by atoms with E-state index in [9.17, 15) is 13.6 Å². The number of carbonyl (C=O) groups is 1. The minimum Gasteiger partial charge on any atom is -0.378 e. The van der Waals surface area contributed by atoms with Crippen LogP contribution in [-0.4, -0.2) is 57.3 Å². The molecule has 4 rings (SSSR count). The van der Waals surface area contributed by atoms with Gasteiger partial charge in [-0.15, -0.1) is 0 Å². The number of halogens is 2. The summed E-state index contributed by atoms with van der Waals surface area (Å²) in [5.74, 6) is 0.816. The van der Waals surface area contributed by atoms with Gasteiger partial charge in [-0.2, -0.15) is 13.9 Å². The molecule has 3 aromatic rings. The van der Waals surface area contributed by atoms with Crippen LogP contribution in [0.25, 0.3) is 11.3 Å². The van der Waals surface area contributed by atoms with Crippen LogP contribution in [0, 0.1) is 0 Å². The van der Waals surface area contributed by atoms with Crippen molar-refractivity contribution in [1.29, 1.82) is 0 Å². The number of anilines is 1. The van der Waals surface area contributed by atoms with E-state index in [4.69, 9.17) is 0 Å². The topological polar surface area (TPSA) is 59.2 Å². The number of aromatic nitrogens is 4. The Bertz CT molecular complexity index is 1010. The van der Waals surface area contributed by atoms with Crippen molar-refractivity contribution < 1.29 is 13.6 Å². The predicted molar refractivity (Wildman–Crippen MR) is 105 cm³/mol. The predicted octanol–water partition coefficient (Wildman–Crippen LogP) is 2.91. The second kappa shape index (κ2) is 7.65. The smallest absolute Gasteiger partial charge is 0.333 e. The Kier molecular flexibility index (Phi) is 5.04. The van der Waals surface area contributed by atoms with Gasteiger partial charge in [-0.3, -0.25) is 4.79 Å². The zero-order chi connectivity index (χ0) is 20.5. The van der Waals surface area contributed by atoms with Crippen LogP contribution in [0.15, 0.2) is 42.9 Å². The fourth-order valence-corrected chi connectivity index (χ4v) is 3.53. The van der Waals surface area contributed by atoms with E-state index in [0.29, 0.717) is 41.9 Å². The summed E-state index contributed by atoms with van der Waals surface area (Å²) >= 11 is 0. The highest BCUT2D eigenvalue weighted by Crippen LogP contribution is 2.24. The summed E-state index contributed by atoms with van der Waals surface area (Å²) in [5.41, 5.74) is 3.00. The van der Waals surface area contributed by atoms with Gasteiger partial charge in [0, 0.05) is 63.2 Å². The summed E-state index contributed by atoms with van der Waals surface area (Å²) in [5, 5.41) is 3.70. The molecule has 1 aromatic carbocycles. The van der Waals surface area contributed by atoms with Crippen LogP contribution in [0.2, 0.25) is 0 Å². The monoisotopic (exact) mass is 400 g/mol. The van der Waals surface area contributed by atoms with Crippen LogP contribution in [0.1, 0.15) is 22.7 Å². The van der Waals surface area contributed by atoms with Gasteiger partial charge in [0.1, 0.15) is 5.82 Å². The van der Waals surface area contributed by atoms with Gasteiger partial charge in [0.25, 0.3) is 5.91 Å². The molecule has 29 heavy (non-hydrogen) atoms. The molecule has 1 aliphatic heterocycles. The van der Waals surface area contributed by atoms with Crippen LogP contribution >= 0.6 is 0 Å². The van der Waals surface area contributed by atoms with E-state index in [1.165, 1.54) is 12.4 Å². The summed E-state index contributed by atoms with van der Waals surface area (Å²) < 4.78 is 28.3. The van der Waals surface area contributed by atoms with Crippen LogP contribution in [0.4, 0.5) is 14.5 Å². The number of hydrogen-bond acceptors (Lipinski definition) is 4. The highest BCUT2D eigenvalue weighted by molar-refractivity contribution is 5.94. The molecule has 0 aliphatic carbocycles. The van der Waals surface area contributed by atoms with E-state index in [-0.39, 0.29) is 5.91 Å². The maximum absolute atomic E-state index is 12.9. The van der Waals surface area contributed by atoms with Crippen molar-refractivity contribution in [2.24, 2.45) is 0 Å². The first kappa shape index (κ1) is 19.1. The van der Waals surface area contributed by atoms with Gasteiger partial charge in [0.05, 0.1) is 18.1 Å². The molecule has 0 radical (unpaired) electrons. The molecule has 0 N–H and O–H groups in total. The Morgan fingerprint density at radius 1 is 1.10 bits per heavy atom. The minimum absolute atomic E-state index is 0.0203. The summed E-state index contributed by atoms with van der Waals surface area (Å²) in [6.07, 6.45) is 5.01. The number of benzene rings is 1. The third-order valence-electron chi connectivity index (χ3n) is 5.15. The van der Waals surface area contributed by atoms with E-state index in [0.717, 1.165) is 17.2 Å². The minimum atomic E-state index is -2.68. The maximum Gasteiger partial charge on any atom is 0.333 e. The Labute approximate surface area is 167 Å². The number of alkyl halides is 2. The Hall–Kier alpha value is -3.23. The molecule has 152 valence electrons. The number of rotatable bonds is 4. The second-order valence-electron chi connectivity index (χ2n) is 7.18. The molecule has 3 heterocycles. The van der Waals surface area contributed by atoms with Gasteiger partial charge in [-0.05, 0) is 24.3 Å². The molecular formula is C20H22F2N6O. The van der Waals surface area contributed by atoms with Crippen molar-refractivity contribution in [2.45, 2.75) is 19.5 Å². The molecule has 9 heteroatoms. The first-order valence-electron chi connectivity index (χ1n) is 9.38. The van der Waals surface area contributed by atoms with Crippen LogP contribution < -0.4 is 4.90 Å². The van der Waals surface area contributed by atoms with Crippen LogP contribution in [0.3, 0.4) is 0 Å². The van der Waals surface area contributed by atoms with Gasteiger partial charge in [-0.1, -0.05) is 0 Å². The highest BCUT2D eigenvalue weighted by Gasteiger charge is 2.23. The second-order valence-corrected chi connectivity index (χ2v) is 7.18. The lowest BCUT2D eigenvalue weighted by molar-refractivity contribution is 0.0566. The van der Waals surface area contributed by atoms with Crippen LogP contribution in [0.5, 0.6) is 0 Å². The third-order valence-corrected chi connectivity index (χ3v) is 5.15. The Morgan fingerprint density at radius 2 is 1.86 bits per heavy atom. The van der Waals surface area contributed by atoms with E-state index in [1.54, 1.807) is 6.20 Å². The van der Waals surface area contributed by atoms with Gasteiger partial charge >= 0.3 is 6.55 Å². The molecule has 1 aliphatic rings. The molecular weight excluding hydrogens is 378 g/mol. The standard InChI is InChI=1S/C20H22F2N6O/c1-25(2)16-5-3-14(4-6-16)19(29)26-8-7-18-23-12-17(27(18)10-9-26)15-11-24-28(13-15)20(21)22/h3-6,11-13,20H,7-10H2,1-2H3. The average Bonchev–Trinajstić information content (AvgIpc) is 3.30. The van der Waals surface area contributed by atoms with Gasteiger partial charge in [0.15, 0.2) is 0 Å². The molecule has 0 unspecified atom stereocenters. The quantitative estimate of drug-likeness (QED) is 0.676. The lowest BCUT2D eigenvalue weighted by atomic mass is 10.1. The van der Waals surface area contributed by atoms with Crippen molar-refractivity contribution in [3.63, 3.8) is 0 Å². The summed E-state index contributed by atoms with van der Waals surface area (Å²) in [6, 6.07) is 7.53. The van der Waals surface area contributed by atoms with Crippen molar-refractivity contribution >= 4 is 11.6 Å². The van der Waals surface area contributed by atoms with E-state index in [2.05, 4.69) is 10.1 Å². The number of imidazole rings is 1. The molecule has 0 saturated heterocycles. The molecule has 0 spiro atoms. The number of fused-ring (bicyclic) bond motifs is 1. The normalized spacial score (nSPS) is 14.0. The summed E-state index contributed by atoms with van der Waals surface area (Å²) in [4.78, 5) is 21.2. The number of amides is 1. The van der Waals surface area contributed by atoms with Crippen molar-refractivity contribution in [3.8, 4) is 11.3 Å². The number of hydrogen-bond donors (Lipinski definition) is 0. The van der Waals surface area contributed by atoms with E-state index in [1.807, 2.05) is 52.7 Å². The average molecular weight is 400 g/mol. The van der Waals surface area contributed by atoms with Crippen molar-refractivity contribution in [3.05, 3.63) is 54.2 Å². The number of carbonyl (C=O) groups excluding carboxylic acids is 1. The van der Waals surface area contributed by atoms with Crippen LogP contribution in [-0.2, 0) is 13.0 Å². The fourth-order valence-electron chi connectivity index (χ4n) is 3.53. The SMILES string of the molecule is CN(C)c1ccc(C(=O)N2CCc3ncc(-c4cnn(C(F)F)c4)n3CC2)cc1. The largest absolute Gasteiger partial charge is 0.378 e. The Morgan fingerprint density at radius 3 is 2.52 bits per heavy atom. The van der Waals surface area contributed by atoms with E-state index < -0.39 is 6.55 Å². The van der Waals surface area contributed by atoms with Gasteiger partial charge in [0.2, 0.25) is 0 Å². The van der Waals surface area contributed by atoms with Crippen molar-refractivity contribution in [2.75, 3.05) is 32.1 Å².